The molecule has 0 unspecified atom stereocenters. The molecule has 4 nitrogen and oxygen atoms in total. The second kappa shape index (κ2) is 7.34. The van der Waals surface area contributed by atoms with Gasteiger partial charge in [0, 0.05) is 36.9 Å². The fourth-order valence-electron chi connectivity index (χ4n) is 2.66. The minimum Gasteiger partial charge on any atom is -0.468 e. The van der Waals surface area contributed by atoms with Gasteiger partial charge in [-0.15, -0.1) is 0 Å². The molecule has 0 aliphatic carbocycles. The Kier molecular flexibility index (Phi) is 5.20. The summed E-state index contributed by atoms with van der Waals surface area (Å²) < 4.78 is 5.41. The summed E-state index contributed by atoms with van der Waals surface area (Å²) >= 11 is 11.6. The van der Waals surface area contributed by atoms with Gasteiger partial charge in [0.25, 0.3) is 0 Å². The molecule has 0 radical (unpaired) electrons. The highest BCUT2D eigenvalue weighted by Crippen LogP contribution is 2.21. The number of halogens is 1. The number of nitrogens with zero attached hydrogens (tertiary/aromatic N) is 2. The largest absolute Gasteiger partial charge is 0.468 e. The predicted octanol–water partition coefficient (Wildman–Crippen LogP) is 3.76. The Bertz CT molecular complexity index is 666. The highest BCUT2D eigenvalue weighted by molar-refractivity contribution is 7.80. The molecule has 1 aliphatic heterocycles. The zero-order chi connectivity index (χ0) is 16.2. The normalized spacial score (nSPS) is 15.7. The summed E-state index contributed by atoms with van der Waals surface area (Å²) in [4.78, 5) is 4.58. The summed E-state index contributed by atoms with van der Waals surface area (Å²) in [6.45, 7) is 6.66. The lowest BCUT2D eigenvalue weighted by Gasteiger charge is -2.36. The zero-order valence-corrected chi connectivity index (χ0v) is 14.7. The van der Waals surface area contributed by atoms with Gasteiger partial charge in [-0.05, 0) is 49.0 Å². The molecule has 0 amide bonds. The number of benzene rings is 1. The molecule has 0 spiro atoms. The minimum atomic E-state index is 0.712. The van der Waals surface area contributed by atoms with E-state index in [9.17, 15) is 0 Å². The fraction of sp³-hybridized carbons (Fsp3) is 0.353. The van der Waals surface area contributed by atoms with Crippen molar-refractivity contribution in [2.45, 2.75) is 13.5 Å². The van der Waals surface area contributed by atoms with Gasteiger partial charge >= 0.3 is 0 Å². The Morgan fingerprint density at radius 3 is 2.74 bits per heavy atom. The predicted molar refractivity (Wildman–Crippen MR) is 98.0 cm³/mol. The topological polar surface area (TPSA) is 31.6 Å². The summed E-state index contributed by atoms with van der Waals surface area (Å²) in [5, 5.41) is 4.79. The van der Waals surface area contributed by atoms with Gasteiger partial charge in [-0.2, -0.15) is 0 Å². The van der Waals surface area contributed by atoms with E-state index in [1.54, 1.807) is 6.26 Å². The molecule has 6 heteroatoms. The number of hydrogen-bond acceptors (Lipinski definition) is 3. The smallest absolute Gasteiger partial charge is 0.173 e. The second-order valence-electron chi connectivity index (χ2n) is 5.73. The van der Waals surface area contributed by atoms with E-state index in [-0.39, 0.29) is 0 Å². The maximum atomic E-state index is 6.06. The first-order valence-electron chi connectivity index (χ1n) is 7.68. The van der Waals surface area contributed by atoms with Crippen molar-refractivity contribution >= 4 is 34.6 Å². The van der Waals surface area contributed by atoms with Crippen LogP contribution in [0.1, 0.15) is 11.3 Å². The SMILES string of the molecule is Cc1ccc(Cl)cc1NC(=S)N1CCN(Cc2ccco2)CC1. The van der Waals surface area contributed by atoms with Crippen molar-refractivity contribution in [3.63, 3.8) is 0 Å². The van der Waals surface area contributed by atoms with Gasteiger partial charge in [0.05, 0.1) is 12.8 Å². The summed E-state index contributed by atoms with van der Waals surface area (Å²) in [7, 11) is 0. The van der Waals surface area contributed by atoms with Crippen LogP contribution in [0.25, 0.3) is 0 Å². The Balaban J connectivity index is 1.53. The number of hydrogen-bond donors (Lipinski definition) is 1. The number of piperazine rings is 1. The van der Waals surface area contributed by atoms with Gasteiger partial charge < -0.3 is 14.6 Å². The van der Waals surface area contributed by atoms with Gasteiger partial charge in [-0.1, -0.05) is 17.7 Å². The lowest BCUT2D eigenvalue weighted by molar-refractivity contribution is 0.166. The molecule has 1 aliphatic rings. The van der Waals surface area contributed by atoms with E-state index in [1.807, 2.05) is 37.3 Å². The Hall–Kier alpha value is -1.56. The average molecular weight is 350 g/mol. The van der Waals surface area contributed by atoms with Crippen molar-refractivity contribution < 1.29 is 4.42 Å². The van der Waals surface area contributed by atoms with Crippen LogP contribution in [-0.4, -0.2) is 41.1 Å². The van der Waals surface area contributed by atoms with E-state index >= 15 is 0 Å². The zero-order valence-electron chi connectivity index (χ0n) is 13.1. The lowest BCUT2D eigenvalue weighted by Crippen LogP contribution is -2.49. The molecule has 2 aromatic rings. The van der Waals surface area contributed by atoms with Crippen LogP contribution in [0.4, 0.5) is 5.69 Å². The van der Waals surface area contributed by atoms with Gasteiger partial charge in [0.15, 0.2) is 5.11 Å². The third kappa shape index (κ3) is 4.25. The van der Waals surface area contributed by atoms with Gasteiger partial charge in [0.2, 0.25) is 0 Å². The van der Waals surface area contributed by atoms with Crippen LogP contribution in [0, 0.1) is 6.92 Å². The number of aryl methyl sites for hydroxylation is 1. The van der Waals surface area contributed by atoms with Gasteiger partial charge in [0.1, 0.15) is 5.76 Å². The molecule has 0 atom stereocenters. The molecule has 2 heterocycles. The molecule has 23 heavy (non-hydrogen) atoms. The molecule has 0 bridgehead atoms. The van der Waals surface area contributed by atoms with Crippen LogP contribution >= 0.6 is 23.8 Å². The van der Waals surface area contributed by atoms with Crippen molar-refractivity contribution in [1.29, 1.82) is 0 Å². The molecule has 1 N–H and O–H groups in total. The van der Waals surface area contributed by atoms with Crippen LogP contribution in [0.15, 0.2) is 41.0 Å². The average Bonchev–Trinajstić information content (AvgIpc) is 3.04. The number of thiocarbonyl (C=S) groups is 1. The third-order valence-corrected chi connectivity index (χ3v) is 4.66. The van der Waals surface area contributed by atoms with Crippen molar-refractivity contribution in [3.05, 3.63) is 52.9 Å². The molecular formula is C17H20ClN3OS. The summed E-state index contributed by atoms with van der Waals surface area (Å²) in [5.41, 5.74) is 2.11. The standard InChI is InChI=1S/C17H20ClN3OS/c1-13-4-5-14(18)11-16(13)19-17(23)21-8-6-20(7-9-21)12-15-3-2-10-22-15/h2-5,10-11H,6-9,12H2,1H3,(H,19,23). The van der Waals surface area contributed by atoms with Crippen molar-refractivity contribution in [2.24, 2.45) is 0 Å². The molecular weight excluding hydrogens is 330 g/mol. The Labute approximate surface area is 147 Å². The number of rotatable bonds is 3. The van der Waals surface area contributed by atoms with Crippen molar-refractivity contribution in [2.75, 3.05) is 31.5 Å². The van der Waals surface area contributed by atoms with E-state index in [4.69, 9.17) is 28.2 Å². The summed E-state index contributed by atoms with van der Waals surface area (Å²) in [5.74, 6) is 1.01. The third-order valence-electron chi connectivity index (χ3n) is 4.06. The van der Waals surface area contributed by atoms with E-state index in [0.29, 0.717) is 5.02 Å². The van der Waals surface area contributed by atoms with E-state index in [1.165, 1.54) is 0 Å². The van der Waals surface area contributed by atoms with E-state index in [0.717, 1.165) is 54.8 Å². The van der Waals surface area contributed by atoms with Gasteiger partial charge in [-0.25, -0.2) is 0 Å². The number of furan rings is 1. The molecule has 122 valence electrons. The summed E-state index contributed by atoms with van der Waals surface area (Å²) in [6, 6.07) is 9.74. The molecule has 1 aromatic heterocycles. The monoisotopic (exact) mass is 349 g/mol. The van der Waals surface area contributed by atoms with Crippen LogP contribution in [0.3, 0.4) is 0 Å². The van der Waals surface area contributed by atoms with E-state index in [2.05, 4.69) is 15.1 Å². The maximum absolute atomic E-state index is 6.06. The fourth-order valence-corrected chi connectivity index (χ4v) is 3.12. The number of nitrogens with one attached hydrogen (secondary N) is 1. The van der Waals surface area contributed by atoms with Gasteiger partial charge in [-0.3, -0.25) is 4.90 Å². The first-order valence-corrected chi connectivity index (χ1v) is 8.47. The first-order chi connectivity index (χ1) is 11.1. The molecule has 1 fully saturated rings. The highest BCUT2D eigenvalue weighted by Gasteiger charge is 2.20. The minimum absolute atomic E-state index is 0.712. The van der Waals surface area contributed by atoms with Crippen LogP contribution in [-0.2, 0) is 6.54 Å². The highest BCUT2D eigenvalue weighted by atomic mass is 35.5. The lowest BCUT2D eigenvalue weighted by atomic mass is 10.2. The van der Waals surface area contributed by atoms with Crippen LogP contribution in [0.5, 0.6) is 0 Å². The van der Waals surface area contributed by atoms with E-state index < -0.39 is 0 Å². The quantitative estimate of drug-likeness (QED) is 0.853. The summed E-state index contributed by atoms with van der Waals surface area (Å²) in [6.07, 6.45) is 1.72. The molecule has 1 saturated heterocycles. The Morgan fingerprint density at radius 1 is 1.26 bits per heavy atom. The first kappa shape index (κ1) is 16.3. The number of anilines is 1. The molecule has 0 saturated carbocycles. The van der Waals surface area contributed by atoms with Crippen molar-refractivity contribution in [3.8, 4) is 0 Å². The molecule has 3 rings (SSSR count). The van der Waals surface area contributed by atoms with Crippen molar-refractivity contribution in [1.82, 2.24) is 9.80 Å². The van der Waals surface area contributed by atoms with Crippen LogP contribution in [0.2, 0.25) is 5.02 Å². The second-order valence-corrected chi connectivity index (χ2v) is 6.56. The van der Waals surface area contributed by atoms with Crippen LogP contribution < -0.4 is 5.32 Å². The maximum Gasteiger partial charge on any atom is 0.173 e. The molecule has 1 aromatic carbocycles. The Morgan fingerprint density at radius 2 is 2.04 bits per heavy atom.